The molecule has 8 aromatic carbocycles. The summed E-state index contributed by atoms with van der Waals surface area (Å²) in [5.41, 5.74) is 10.8. The van der Waals surface area contributed by atoms with Gasteiger partial charge in [0.05, 0.1) is 38.8 Å². The van der Waals surface area contributed by atoms with Gasteiger partial charge in [-0.15, -0.1) is 0 Å². The van der Waals surface area contributed by atoms with Crippen LogP contribution in [0.3, 0.4) is 0 Å². The number of benzene rings is 8. The number of rotatable bonds is 3. The third-order valence-corrected chi connectivity index (χ3v) is 10.4. The minimum absolute atomic E-state index is 1.16. The monoisotopic (exact) mass is 623 g/mol. The molecule has 0 atom stereocenters. The minimum Gasteiger partial charge on any atom is -0.309 e. The maximum absolute atomic E-state index is 2.51. The first kappa shape index (κ1) is 26.5. The molecule has 0 unspecified atom stereocenters. The lowest BCUT2D eigenvalue weighted by molar-refractivity contribution is 1.17. The van der Waals surface area contributed by atoms with Crippen LogP contribution in [-0.4, -0.2) is 13.7 Å². The maximum Gasteiger partial charge on any atom is 0.0641 e. The Labute approximate surface area is 282 Å². The molecule has 0 fully saturated rings. The van der Waals surface area contributed by atoms with Gasteiger partial charge in [-0.2, -0.15) is 0 Å². The lowest BCUT2D eigenvalue weighted by Crippen LogP contribution is -1.97. The summed E-state index contributed by atoms with van der Waals surface area (Å²) in [5.74, 6) is 0. The Morgan fingerprint density at radius 3 is 1.55 bits per heavy atom. The molecule has 0 N–H and O–H groups in total. The summed E-state index contributed by atoms with van der Waals surface area (Å²) in [6.45, 7) is 0. The SMILES string of the molecule is c1ccc(-n2c3ccccc3c3c(-n4c5ccccc5c5c4ccc4c6ccc7ccccc7c6n(-c6ccccc6)c45)cccc32)cc1. The average Bonchev–Trinajstić information content (AvgIpc) is 3.81. The fourth-order valence-corrected chi connectivity index (χ4v) is 8.45. The number of hydrogen-bond acceptors (Lipinski definition) is 0. The van der Waals surface area contributed by atoms with Crippen LogP contribution in [0.4, 0.5) is 0 Å². The second-order valence-electron chi connectivity index (χ2n) is 12.9. The predicted molar refractivity (Wildman–Crippen MR) is 207 cm³/mol. The molecule has 0 spiro atoms. The van der Waals surface area contributed by atoms with Crippen molar-refractivity contribution >= 4 is 76.2 Å². The van der Waals surface area contributed by atoms with E-state index in [-0.39, 0.29) is 0 Å². The van der Waals surface area contributed by atoms with E-state index >= 15 is 0 Å². The van der Waals surface area contributed by atoms with E-state index in [1.165, 1.54) is 81.9 Å². The zero-order chi connectivity index (χ0) is 32.1. The number of hydrogen-bond donors (Lipinski definition) is 0. The summed E-state index contributed by atoms with van der Waals surface area (Å²) in [5, 5.41) is 10.0. The highest BCUT2D eigenvalue weighted by molar-refractivity contribution is 6.29. The van der Waals surface area contributed by atoms with Crippen molar-refractivity contribution in [1.29, 1.82) is 0 Å². The normalized spacial score (nSPS) is 12.1. The summed E-state index contributed by atoms with van der Waals surface area (Å²) in [6, 6.07) is 64.1. The van der Waals surface area contributed by atoms with Crippen molar-refractivity contribution in [3.8, 4) is 17.1 Å². The second kappa shape index (κ2) is 9.96. The van der Waals surface area contributed by atoms with Gasteiger partial charge in [0, 0.05) is 49.1 Å². The summed E-state index contributed by atoms with van der Waals surface area (Å²) in [4.78, 5) is 0. The van der Waals surface area contributed by atoms with Crippen LogP contribution in [0.15, 0.2) is 176 Å². The molecule has 3 nitrogen and oxygen atoms in total. The number of nitrogens with zero attached hydrogens (tertiary/aromatic N) is 3. The molecule has 3 heterocycles. The van der Waals surface area contributed by atoms with E-state index in [9.17, 15) is 0 Å². The van der Waals surface area contributed by atoms with Gasteiger partial charge in [0.25, 0.3) is 0 Å². The highest BCUT2D eigenvalue weighted by Gasteiger charge is 2.23. The second-order valence-corrected chi connectivity index (χ2v) is 12.9. The van der Waals surface area contributed by atoms with E-state index in [1.54, 1.807) is 0 Å². The lowest BCUT2D eigenvalue weighted by Gasteiger charge is -2.12. The molecule has 0 aliphatic carbocycles. The Hall–Kier alpha value is -6.58. The van der Waals surface area contributed by atoms with Crippen molar-refractivity contribution in [3.63, 3.8) is 0 Å². The molecule has 0 saturated carbocycles. The smallest absolute Gasteiger partial charge is 0.0641 e. The van der Waals surface area contributed by atoms with Crippen molar-refractivity contribution in [3.05, 3.63) is 176 Å². The molecule has 0 aliphatic rings. The van der Waals surface area contributed by atoms with Crippen LogP contribution in [0.1, 0.15) is 0 Å². The zero-order valence-electron chi connectivity index (χ0n) is 26.6. The van der Waals surface area contributed by atoms with Gasteiger partial charge in [0.15, 0.2) is 0 Å². The molecule has 228 valence electrons. The number of para-hydroxylation sites is 4. The summed E-state index contributed by atoms with van der Waals surface area (Å²) in [6.07, 6.45) is 0. The van der Waals surface area contributed by atoms with E-state index in [0.717, 1.165) is 11.4 Å². The van der Waals surface area contributed by atoms with Crippen molar-refractivity contribution < 1.29 is 0 Å². The first-order chi connectivity index (χ1) is 24.4. The Bertz CT molecular complexity index is 3090. The molecule has 49 heavy (non-hydrogen) atoms. The highest BCUT2D eigenvalue weighted by atomic mass is 15.0. The Balaban J connectivity index is 1.35. The van der Waals surface area contributed by atoms with Crippen LogP contribution in [0.2, 0.25) is 0 Å². The predicted octanol–water partition coefficient (Wildman–Crippen LogP) is 12.1. The van der Waals surface area contributed by atoms with E-state index in [4.69, 9.17) is 0 Å². The average molecular weight is 624 g/mol. The van der Waals surface area contributed by atoms with Crippen LogP contribution in [-0.2, 0) is 0 Å². The molecule has 11 aromatic rings. The number of aromatic nitrogens is 3. The van der Waals surface area contributed by atoms with Crippen LogP contribution in [0.25, 0.3) is 93.3 Å². The van der Waals surface area contributed by atoms with Gasteiger partial charge in [-0.25, -0.2) is 0 Å². The van der Waals surface area contributed by atoms with Crippen LogP contribution < -0.4 is 0 Å². The third kappa shape index (κ3) is 3.56. The first-order valence-corrected chi connectivity index (χ1v) is 16.9. The largest absolute Gasteiger partial charge is 0.309 e. The van der Waals surface area contributed by atoms with Gasteiger partial charge in [-0.3, -0.25) is 0 Å². The van der Waals surface area contributed by atoms with Crippen molar-refractivity contribution in [2.24, 2.45) is 0 Å². The quantitative estimate of drug-likeness (QED) is 0.186. The zero-order valence-corrected chi connectivity index (χ0v) is 26.6. The Kier molecular flexibility index (Phi) is 5.38. The lowest BCUT2D eigenvalue weighted by atomic mass is 10.0. The highest BCUT2D eigenvalue weighted by Crippen LogP contribution is 2.45. The summed E-state index contributed by atoms with van der Waals surface area (Å²) in [7, 11) is 0. The maximum atomic E-state index is 2.51. The fourth-order valence-electron chi connectivity index (χ4n) is 8.45. The van der Waals surface area contributed by atoms with Gasteiger partial charge in [-0.05, 0) is 60.0 Å². The van der Waals surface area contributed by atoms with Gasteiger partial charge in [-0.1, -0.05) is 121 Å². The molecule has 0 aliphatic heterocycles. The van der Waals surface area contributed by atoms with E-state index in [0.29, 0.717) is 0 Å². The van der Waals surface area contributed by atoms with Crippen LogP contribution in [0.5, 0.6) is 0 Å². The minimum atomic E-state index is 1.16. The summed E-state index contributed by atoms with van der Waals surface area (Å²) >= 11 is 0. The van der Waals surface area contributed by atoms with E-state index < -0.39 is 0 Å². The van der Waals surface area contributed by atoms with E-state index in [2.05, 4.69) is 190 Å². The molecular weight excluding hydrogens is 595 g/mol. The molecule has 0 amide bonds. The van der Waals surface area contributed by atoms with Crippen LogP contribution in [0, 0.1) is 0 Å². The van der Waals surface area contributed by atoms with Gasteiger partial charge in [0.1, 0.15) is 0 Å². The topological polar surface area (TPSA) is 14.8 Å². The van der Waals surface area contributed by atoms with Crippen LogP contribution >= 0.6 is 0 Å². The Morgan fingerprint density at radius 2 is 0.796 bits per heavy atom. The summed E-state index contributed by atoms with van der Waals surface area (Å²) < 4.78 is 7.41. The molecular formula is C46H29N3. The number of fused-ring (bicyclic) bond motifs is 12. The van der Waals surface area contributed by atoms with E-state index in [1.807, 2.05) is 0 Å². The van der Waals surface area contributed by atoms with Crippen molar-refractivity contribution in [1.82, 2.24) is 13.7 Å². The molecule has 3 aromatic heterocycles. The molecule has 0 bridgehead atoms. The Morgan fingerprint density at radius 1 is 0.265 bits per heavy atom. The van der Waals surface area contributed by atoms with Gasteiger partial charge < -0.3 is 13.7 Å². The molecule has 3 heteroatoms. The molecule has 11 rings (SSSR count). The van der Waals surface area contributed by atoms with Gasteiger partial charge >= 0.3 is 0 Å². The van der Waals surface area contributed by atoms with Crippen molar-refractivity contribution in [2.45, 2.75) is 0 Å². The standard InChI is InChI=1S/C46H29N3/c1-3-15-31(16-4-1)47-38-22-11-9-20-36(38)43-40(47)24-13-25-41(43)49-39-23-12-10-21-37(39)44-42(49)29-28-35-34-27-26-30-14-7-8-19-33(30)45(34)48(46(35)44)32-17-5-2-6-18-32/h1-29H. The molecule has 0 radical (unpaired) electrons. The third-order valence-electron chi connectivity index (χ3n) is 10.4. The molecule has 0 saturated heterocycles. The fraction of sp³-hybridized carbons (Fsp3) is 0. The van der Waals surface area contributed by atoms with Crippen molar-refractivity contribution in [2.75, 3.05) is 0 Å². The first-order valence-electron chi connectivity index (χ1n) is 16.9. The van der Waals surface area contributed by atoms with Gasteiger partial charge in [0.2, 0.25) is 0 Å².